The zero-order chi connectivity index (χ0) is 22.9. The Balaban J connectivity index is 2.00. The van der Waals surface area contributed by atoms with Gasteiger partial charge in [0, 0.05) is 32.0 Å². The average Bonchev–Trinajstić information content (AvgIpc) is 2.72. The number of benzene rings is 1. The Morgan fingerprint density at radius 2 is 2.03 bits per heavy atom. The maximum absolute atomic E-state index is 14.0. The molecule has 1 amide bonds. The van der Waals surface area contributed by atoms with Crippen LogP contribution in [0.2, 0.25) is 0 Å². The fraction of sp³-hybridized carbons (Fsp3) is 0.333. The Bertz CT molecular complexity index is 1040. The number of sulfonamides is 1. The number of hydrogen-bond acceptors (Lipinski definition) is 5. The van der Waals surface area contributed by atoms with Gasteiger partial charge in [-0.05, 0) is 48.2 Å². The van der Waals surface area contributed by atoms with Gasteiger partial charge >= 0.3 is 0 Å². The van der Waals surface area contributed by atoms with Crippen LogP contribution in [-0.4, -0.2) is 39.3 Å². The van der Waals surface area contributed by atoms with Gasteiger partial charge in [-0.3, -0.25) is 14.5 Å². The molecule has 0 aliphatic heterocycles. The van der Waals surface area contributed by atoms with E-state index in [0.717, 1.165) is 12.3 Å². The molecule has 0 atom stereocenters. The number of ether oxygens (including phenoxy) is 1. The van der Waals surface area contributed by atoms with E-state index in [0.29, 0.717) is 42.0 Å². The molecule has 10 heteroatoms. The third-order valence-electron chi connectivity index (χ3n) is 4.18. The summed E-state index contributed by atoms with van der Waals surface area (Å²) in [5.41, 5.74) is 2.00. The second-order valence-electron chi connectivity index (χ2n) is 6.81. The van der Waals surface area contributed by atoms with E-state index in [9.17, 15) is 22.0 Å². The van der Waals surface area contributed by atoms with Crippen LogP contribution in [0.25, 0.3) is 6.08 Å². The van der Waals surface area contributed by atoms with Crippen LogP contribution < -0.4 is 10.0 Å². The van der Waals surface area contributed by atoms with Gasteiger partial charge in [0.05, 0.1) is 17.6 Å². The Labute approximate surface area is 180 Å². The maximum Gasteiger partial charge on any atom is 0.244 e. The molecule has 1 aromatic heterocycles. The molecule has 2 rings (SSSR count). The lowest BCUT2D eigenvalue weighted by molar-refractivity contribution is -0.116. The van der Waals surface area contributed by atoms with Crippen molar-refractivity contribution in [2.45, 2.75) is 26.1 Å². The molecule has 0 spiro atoms. The monoisotopic (exact) mass is 453 g/mol. The normalized spacial score (nSPS) is 11.6. The molecule has 0 saturated heterocycles. The first-order valence-electron chi connectivity index (χ1n) is 9.47. The minimum atomic E-state index is -3.59. The van der Waals surface area contributed by atoms with Crippen molar-refractivity contribution in [1.29, 1.82) is 0 Å². The molecule has 0 unspecified atom stereocenters. The molecule has 168 valence electrons. The van der Waals surface area contributed by atoms with Gasteiger partial charge in [0.2, 0.25) is 15.9 Å². The van der Waals surface area contributed by atoms with Crippen molar-refractivity contribution in [2.75, 3.05) is 24.7 Å². The number of aryl methyl sites for hydroxylation is 1. The van der Waals surface area contributed by atoms with Gasteiger partial charge in [-0.2, -0.15) is 0 Å². The molecule has 31 heavy (non-hydrogen) atoms. The first-order valence-corrected chi connectivity index (χ1v) is 11.4. The van der Waals surface area contributed by atoms with Gasteiger partial charge in [-0.15, -0.1) is 0 Å². The molecule has 1 aromatic carbocycles. The Kier molecular flexibility index (Phi) is 9.07. The van der Waals surface area contributed by atoms with Crippen LogP contribution in [0, 0.1) is 5.82 Å². The van der Waals surface area contributed by atoms with Gasteiger partial charge in [0.25, 0.3) is 0 Å². The van der Waals surface area contributed by atoms with Gasteiger partial charge < -0.3 is 10.1 Å². The summed E-state index contributed by atoms with van der Waals surface area (Å²) in [6.45, 7) is -0.0734. The standard InChI is InChI=1S/C21H25F2N3O4S/c1-30-11-3-4-19-16(6-8-17(13-22)25-19)7-10-21(27)24-14-15-5-9-20(18(23)12-15)26-31(2,28)29/h5-10,12,26H,3-4,11,13-14H2,1-2H3,(H,24,27)/b10-7+. The Hall–Kier alpha value is -2.85. The zero-order valence-electron chi connectivity index (χ0n) is 17.3. The van der Waals surface area contributed by atoms with E-state index >= 15 is 0 Å². The summed E-state index contributed by atoms with van der Waals surface area (Å²) < 4.78 is 56.4. The van der Waals surface area contributed by atoms with Crippen LogP contribution in [0.4, 0.5) is 14.5 Å². The lowest BCUT2D eigenvalue weighted by Gasteiger charge is -2.08. The third kappa shape index (κ3) is 8.42. The quantitative estimate of drug-likeness (QED) is 0.403. The summed E-state index contributed by atoms with van der Waals surface area (Å²) in [4.78, 5) is 16.4. The van der Waals surface area contributed by atoms with Crippen LogP contribution in [0.15, 0.2) is 36.4 Å². The summed E-state index contributed by atoms with van der Waals surface area (Å²) in [5, 5.41) is 2.63. The minimum Gasteiger partial charge on any atom is -0.385 e. The van der Waals surface area contributed by atoms with Crippen molar-refractivity contribution in [3.8, 4) is 0 Å². The predicted molar refractivity (Wildman–Crippen MR) is 115 cm³/mol. The highest BCUT2D eigenvalue weighted by atomic mass is 32.2. The van der Waals surface area contributed by atoms with Gasteiger partial charge in [-0.25, -0.2) is 17.2 Å². The van der Waals surface area contributed by atoms with Crippen LogP contribution in [0.1, 0.15) is 28.9 Å². The highest BCUT2D eigenvalue weighted by Gasteiger charge is 2.09. The summed E-state index contributed by atoms with van der Waals surface area (Å²) in [5.74, 6) is -1.15. The first-order chi connectivity index (χ1) is 14.7. The van der Waals surface area contributed by atoms with Crippen molar-refractivity contribution in [1.82, 2.24) is 10.3 Å². The number of carbonyl (C=O) groups is 1. The molecule has 7 nitrogen and oxygen atoms in total. The van der Waals surface area contributed by atoms with E-state index in [2.05, 4.69) is 15.0 Å². The second-order valence-corrected chi connectivity index (χ2v) is 8.56. The highest BCUT2D eigenvalue weighted by Crippen LogP contribution is 2.17. The van der Waals surface area contributed by atoms with E-state index < -0.39 is 28.4 Å². The molecular formula is C21H25F2N3O4S. The summed E-state index contributed by atoms with van der Waals surface area (Å²) >= 11 is 0. The van der Waals surface area contributed by atoms with Crippen LogP contribution in [0.5, 0.6) is 0 Å². The number of nitrogens with zero attached hydrogens (tertiary/aromatic N) is 1. The van der Waals surface area contributed by atoms with E-state index in [1.807, 2.05) is 0 Å². The van der Waals surface area contributed by atoms with Crippen molar-refractivity contribution >= 4 is 27.7 Å². The second kappa shape index (κ2) is 11.5. The average molecular weight is 454 g/mol. The number of hydrogen-bond donors (Lipinski definition) is 2. The lowest BCUT2D eigenvalue weighted by atomic mass is 10.1. The molecule has 0 fully saturated rings. The van der Waals surface area contributed by atoms with Gasteiger partial charge in [0.15, 0.2) is 0 Å². The zero-order valence-corrected chi connectivity index (χ0v) is 18.1. The fourth-order valence-electron chi connectivity index (χ4n) is 2.73. The van der Waals surface area contributed by atoms with Crippen molar-refractivity contribution in [3.63, 3.8) is 0 Å². The number of carbonyl (C=O) groups excluding carboxylic acids is 1. The van der Waals surface area contributed by atoms with E-state index in [1.54, 1.807) is 25.3 Å². The molecule has 0 bridgehead atoms. The number of pyridine rings is 1. The molecule has 0 radical (unpaired) electrons. The SMILES string of the molecule is COCCCc1nc(CF)ccc1/C=C/C(=O)NCc1ccc(NS(C)(=O)=O)c(F)c1. The largest absolute Gasteiger partial charge is 0.385 e. The molecule has 2 N–H and O–H groups in total. The van der Waals surface area contributed by atoms with Gasteiger partial charge in [-0.1, -0.05) is 12.1 Å². The molecule has 1 heterocycles. The summed E-state index contributed by atoms with van der Waals surface area (Å²) in [7, 11) is -1.99. The lowest BCUT2D eigenvalue weighted by Crippen LogP contribution is -2.20. The smallest absolute Gasteiger partial charge is 0.244 e. The Morgan fingerprint density at radius 3 is 2.68 bits per heavy atom. The number of halogens is 2. The summed E-state index contributed by atoms with van der Waals surface area (Å²) in [6, 6.07) is 7.21. The number of amides is 1. The van der Waals surface area contributed by atoms with Crippen molar-refractivity contribution in [3.05, 3.63) is 64.7 Å². The molecule has 0 aliphatic carbocycles. The maximum atomic E-state index is 14.0. The van der Waals surface area contributed by atoms with Crippen molar-refractivity contribution in [2.24, 2.45) is 0 Å². The van der Waals surface area contributed by atoms with Crippen LogP contribution in [-0.2, 0) is 39.2 Å². The summed E-state index contributed by atoms with van der Waals surface area (Å²) in [6.07, 6.45) is 5.13. The number of anilines is 1. The number of nitrogens with one attached hydrogen (secondary N) is 2. The van der Waals surface area contributed by atoms with E-state index in [4.69, 9.17) is 4.74 Å². The number of methoxy groups -OCH3 is 1. The number of aromatic nitrogens is 1. The predicted octanol–water partition coefficient (Wildman–Crippen LogP) is 2.97. The van der Waals surface area contributed by atoms with E-state index in [-0.39, 0.29) is 12.2 Å². The van der Waals surface area contributed by atoms with Crippen LogP contribution >= 0.6 is 0 Å². The molecule has 0 aliphatic rings. The van der Waals surface area contributed by atoms with Crippen LogP contribution in [0.3, 0.4) is 0 Å². The third-order valence-corrected chi connectivity index (χ3v) is 4.77. The first kappa shape index (κ1) is 24.4. The number of rotatable bonds is 11. The van der Waals surface area contributed by atoms with Gasteiger partial charge in [0.1, 0.15) is 12.5 Å². The number of alkyl halides is 1. The molecule has 2 aromatic rings. The highest BCUT2D eigenvalue weighted by molar-refractivity contribution is 7.92. The van der Waals surface area contributed by atoms with Crippen molar-refractivity contribution < 1.29 is 26.7 Å². The Morgan fingerprint density at radius 1 is 1.26 bits per heavy atom. The minimum absolute atomic E-state index is 0.0545. The molecular weight excluding hydrogens is 428 g/mol. The fourth-order valence-corrected chi connectivity index (χ4v) is 3.30. The molecule has 0 saturated carbocycles. The topological polar surface area (TPSA) is 97.4 Å². The van der Waals surface area contributed by atoms with E-state index in [1.165, 1.54) is 18.2 Å².